The Bertz CT molecular complexity index is 202. The third-order valence-corrected chi connectivity index (χ3v) is 2.32. The number of nitrogens with two attached hydrogens (primary N) is 1. The lowest BCUT2D eigenvalue weighted by atomic mass is 9.83. The van der Waals surface area contributed by atoms with E-state index >= 15 is 0 Å². The minimum absolute atomic E-state index is 0.0103. The van der Waals surface area contributed by atoms with Gasteiger partial charge in [-0.25, -0.2) is 0 Å². The number of carboxylic acids is 1. The van der Waals surface area contributed by atoms with Gasteiger partial charge in [-0.15, -0.1) is 0 Å². The second-order valence-electron chi connectivity index (χ2n) is 3.18. The Morgan fingerprint density at radius 1 is 1.58 bits per heavy atom. The first-order valence-electron chi connectivity index (χ1n) is 4.14. The van der Waals surface area contributed by atoms with E-state index in [-0.39, 0.29) is 5.78 Å². The molecule has 12 heavy (non-hydrogen) atoms. The van der Waals surface area contributed by atoms with Gasteiger partial charge in [0.25, 0.3) is 0 Å². The molecule has 0 aromatic carbocycles. The second kappa shape index (κ2) is 3.67. The minimum Gasteiger partial charge on any atom is -0.480 e. The van der Waals surface area contributed by atoms with E-state index < -0.39 is 17.9 Å². The zero-order valence-electron chi connectivity index (χ0n) is 6.82. The molecule has 3 N–H and O–H groups in total. The molecule has 0 spiro atoms. The molecule has 0 unspecified atom stereocenters. The van der Waals surface area contributed by atoms with Gasteiger partial charge in [0.05, 0.1) is 0 Å². The van der Waals surface area contributed by atoms with Crippen molar-refractivity contribution in [2.45, 2.75) is 31.7 Å². The van der Waals surface area contributed by atoms with Crippen LogP contribution in [0.15, 0.2) is 0 Å². The predicted octanol–water partition coefficient (Wildman–Crippen LogP) is 0.158. The Morgan fingerprint density at radius 3 is 2.75 bits per heavy atom. The molecular formula is C8H13NO3. The Hall–Kier alpha value is -0.900. The molecule has 0 bridgehead atoms. The van der Waals surface area contributed by atoms with Crippen molar-refractivity contribution in [1.82, 2.24) is 0 Å². The number of Topliss-reactive ketones (excluding diaryl/α,β-unsaturated/α-hetero) is 1. The zero-order chi connectivity index (χ0) is 9.14. The van der Waals surface area contributed by atoms with E-state index in [2.05, 4.69) is 0 Å². The minimum atomic E-state index is -1.07. The van der Waals surface area contributed by atoms with E-state index in [4.69, 9.17) is 10.8 Å². The topological polar surface area (TPSA) is 80.4 Å². The van der Waals surface area contributed by atoms with Crippen molar-refractivity contribution in [2.75, 3.05) is 0 Å². The number of carbonyl (C=O) groups is 2. The van der Waals surface area contributed by atoms with Crippen LogP contribution in [0.3, 0.4) is 0 Å². The number of hydrogen-bond donors (Lipinski definition) is 2. The van der Waals surface area contributed by atoms with Gasteiger partial charge in [-0.3, -0.25) is 9.59 Å². The lowest BCUT2D eigenvalue weighted by Crippen LogP contribution is -2.43. The third kappa shape index (κ3) is 1.82. The van der Waals surface area contributed by atoms with Crippen LogP contribution in [-0.2, 0) is 9.59 Å². The maximum Gasteiger partial charge on any atom is 0.321 e. The molecule has 1 aliphatic rings. The van der Waals surface area contributed by atoms with Gasteiger partial charge >= 0.3 is 5.97 Å². The molecule has 0 saturated heterocycles. The summed E-state index contributed by atoms with van der Waals surface area (Å²) in [5, 5.41) is 8.57. The normalized spacial score (nSPS) is 26.8. The first kappa shape index (κ1) is 9.19. The highest BCUT2D eigenvalue weighted by Gasteiger charge is 2.31. The van der Waals surface area contributed by atoms with Crippen LogP contribution in [0.2, 0.25) is 0 Å². The summed E-state index contributed by atoms with van der Waals surface area (Å²) in [7, 11) is 0. The summed E-state index contributed by atoms with van der Waals surface area (Å²) in [6.45, 7) is 0. The Balaban J connectivity index is 2.59. The molecule has 4 nitrogen and oxygen atoms in total. The molecule has 68 valence electrons. The summed E-state index contributed by atoms with van der Waals surface area (Å²) >= 11 is 0. The second-order valence-corrected chi connectivity index (χ2v) is 3.18. The highest BCUT2D eigenvalue weighted by atomic mass is 16.4. The van der Waals surface area contributed by atoms with Crippen molar-refractivity contribution < 1.29 is 14.7 Å². The fourth-order valence-corrected chi connectivity index (χ4v) is 1.56. The smallest absolute Gasteiger partial charge is 0.321 e. The number of carboxylic acid groups (broad SMARTS) is 1. The number of rotatable bonds is 2. The maximum atomic E-state index is 11.2. The lowest BCUT2D eigenvalue weighted by molar-refractivity contribution is -0.143. The third-order valence-electron chi connectivity index (χ3n) is 2.32. The quantitative estimate of drug-likeness (QED) is 0.620. The fraction of sp³-hybridized carbons (Fsp3) is 0.750. The molecule has 1 fully saturated rings. The van der Waals surface area contributed by atoms with Crippen LogP contribution in [0.5, 0.6) is 0 Å². The average Bonchev–Trinajstić information content (AvgIpc) is 2.04. The van der Waals surface area contributed by atoms with Crippen molar-refractivity contribution in [3.8, 4) is 0 Å². The van der Waals surface area contributed by atoms with Crippen LogP contribution in [0, 0.1) is 5.92 Å². The average molecular weight is 171 g/mol. The van der Waals surface area contributed by atoms with E-state index in [0.717, 1.165) is 12.8 Å². The van der Waals surface area contributed by atoms with Crippen molar-refractivity contribution in [3.05, 3.63) is 0 Å². The monoisotopic (exact) mass is 171 g/mol. The maximum absolute atomic E-state index is 11.2. The number of carbonyl (C=O) groups excluding carboxylic acids is 1. The van der Waals surface area contributed by atoms with Gasteiger partial charge in [0.1, 0.15) is 11.8 Å². The van der Waals surface area contributed by atoms with Gasteiger partial charge in [0.15, 0.2) is 0 Å². The standard InChI is InChI=1S/C8H13NO3/c9-7(8(11)12)5-3-1-2-4-6(5)10/h5,7H,1-4,9H2,(H,11,12)/t5-,7+/m1/s1. The molecule has 0 aromatic heterocycles. The largest absolute Gasteiger partial charge is 0.480 e. The number of hydrogen-bond acceptors (Lipinski definition) is 3. The van der Waals surface area contributed by atoms with Crippen LogP contribution in [0.25, 0.3) is 0 Å². The van der Waals surface area contributed by atoms with Gasteiger partial charge in [0, 0.05) is 12.3 Å². The fourth-order valence-electron chi connectivity index (χ4n) is 1.56. The van der Waals surface area contributed by atoms with E-state index in [1.165, 1.54) is 0 Å². The van der Waals surface area contributed by atoms with Crippen molar-refractivity contribution in [1.29, 1.82) is 0 Å². The van der Waals surface area contributed by atoms with E-state index in [1.807, 2.05) is 0 Å². The predicted molar refractivity (Wildman–Crippen MR) is 42.6 cm³/mol. The van der Waals surface area contributed by atoms with E-state index in [0.29, 0.717) is 12.8 Å². The highest BCUT2D eigenvalue weighted by Crippen LogP contribution is 2.22. The molecule has 4 heteroatoms. The van der Waals surface area contributed by atoms with Crippen molar-refractivity contribution in [2.24, 2.45) is 11.7 Å². The molecule has 0 radical (unpaired) electrons. The summed E-state index contributed by atoms with van der Waals surface area (Å²) in [5.74, 6) is -1.51. The summed E-state index contributed by atoms with van der Waals surface area (Å²) in [4.78, 5) is 21.7. The Kier molecular flexibility index (Phi) is 2.81. The van der Waals surface area contributed by atoms with Crippen LogP contribution in [0.1, 0.15) is 25.7 Å². The Morgan fingerprint density at radius 2 is 2.25 bits per heavy atom. The van der Waals surface area contributed by atoms with Crippen molar-refractivity contribution in [3.63, 3.8) is 0 Å². The van der Waals surface area contributed by atoms with Crippen LogP contribution in [0.4, 0.5) is 0 Å². The molecule has 1 aliphatic carbocycles. The van der Waals surface area contributed by atoms with Gasteiger partial charge in [-0.2, -0.15) is 0 Å². The lowest BCUT2D eigenvalue weighted by Gasteiger charge is -2.23. The summed E-state index contributed by atoms with van der Waals surface area (Å²) in [5.41, 5.74) is 5.36. The Labute approximate surface area is 70.7 Å². The molecule has 0 aromatic rings. The molecule has 0 heterocycles. The van der Waals surface area contributed by atoms with Crippen LogP contribution >= 0.6 is 0 Å². The van der Waals surface area contributed by atoms with Crippen LogP contribution < -0.4 is 5.73 Å². The first-order chi connectivity index (χ1) is 5.63. The molecule has 0 aliphatic heterocycles. The number of aliphatic carboxylic acids is 1. The van der Waals surface area contributed by atoms with E-state index in [9.17, 15) is 9.59 Å². The molecular weight excluding hydrogens is 158 g/mol. The number of ketones is 1. The van der Waals surface area contributed by atoms with Crippen LogP contribution in [-0.4, -0.2) is 22.9 Å². The van der Waals surface area contributed by atoms with E-state index in [1.54, 1.807) is 0 Å². The summed E-state index contributed by atoms with van der Waals surface area (Å²) < 4.78 is 0. The summed E-state index contributed by atoms with van der Waals surface area (Å²) in [6, 6.07) is -1.00. The van der Waals surface area contributed by atoms with Gasteiger partial charge < -0.3 is 10.8 Å². The molecule has 0 amide bonds. The highest BCUT2D eigenvalue weighted by molar-refractivity contribution is 5.88. The van der Waals surface area contributed by atoms with Gasteiger partial charge in [-0.05, 0) is 12.8 Å². The first-order valence-corrected chi connectivity index (χ1v) is 4.14. The molecule has 1 rings (SSSR count). The van der Waals surface area contributed by atoms with Gasteiger partial charge in [0.2, 0.25) is 0 Å². The molecule has 2 atom stereocenters. The van der Waals surface area contributed by atoms with Crippen molar-refractivity contribution >= 4 is 11.8 Å². The summed E-state index contributed by atoms with van der Waals surface area (Å²) in [6.07, 6.45) is 2.91. The van der Waals surface area contributed by atoms with Gasteiger partial charge in [-0.1, -0.05) is 6.42 Å². The SMILES string of the molecule is N[C@H](C(=O)O)[C@@H]1CCCCC1=O. The zero-order valence-corrected chi connectivity index (χ0v) is 6.82. The molecule has 1 saturated carbocycles.